The van der Waals surface area contributed by atoms with Crippen LogP contribution in [-0.4, -0.2) is 87.6 Å². The maximum absolute atomic E-state index is 15.5. The van der Waals surface area contributed by atoms with Crippen molar-refractivity contribution in [1.82, 2.24) is 19.6 Å². The molecule has 704 valence electrons. The van der Waals surface area contributed by atoms with Crippen molar-refractivity contribution < 1.29 is 47.7 Å². The molecule has 18 nitrogen and oxygen atoms in total. The first-order valence-corrected chi connectivity index (χ1v) is 47.9. The maximum atomic E-state index is 15.5. The van der Waals surface area contributed by atoms with E-state index in [0.29, 0.717) is 25.4 Å². The van der Waals surface area contributed by atoms with Gasteiger partial charge in [-0.1, -0.05) is 137 Å². The highest BCUT2D eigenvalue weighted by Crippen LogP contribution is 2.64. The van der Waals surface area contributed by atoms with Gasteiger partial charge >= 0.3 is 0 Å². The fourth-order valence-corrected chi connectivity index (χ4v) is 20.5. The van der Waals surface area contributed by atoms with Crippen molar-refractivity contribution in [3.8, 4) is 90.8 Å². The van der Waals surface area contributed by atoms with E-state index in [2.05, 4.69) is 336 Å². The SMILES string of the molecule is COc1ccc(N(c2ccc(OC)cc2)c2ccc3c(c2)C(O)(c2cc(C(C)(C)C)ccc2-c2cc(C(C)(C)C)nn2C2CCCCO2)c2cc(N(c4ccc(OC)cc4)c4ccc(OCCC(C)(C)c5cc6n(n5)C5(c7cc(N(c8ccc(OC)cc8)c8ccc(OC)cc8)ccc7-c7ccc(N(c8ccc(OC)cc8)c8ccc(OC)cc8)cc75)c5cc(C(C)(C)C)ccc5-6)cc4)ccc2-3)cc1. The summed E-state index contributed by atoms with van der Waals surface area (Å²) in [5, 5.41) is 27.0. The average molecular weight is 1850 g/mol. The van der Waals surface area contributed by atoms with Crippen molar-refractivity contribution in [2.45, 2.75) is 141 Å². The Balaban J connectivity index is 0.692. The van der Waals surface area contributed by atoms with Crippen molar-refractivity contribution in [3.63, 3.8) is 0 Å². The van der Waals surface area contributed by atoms with Gasteiger partial charge in [-0.2, -0.15) is 10.2 Å². The molecule has 0 radical (unpaired) electrons. The molecule has 14 aromatic carbocycles. The second-order valence-corrected chi connectivity index (χ2v) is 40.3. The molecule has 2 aliphatic heterocycles. The minimum absolute atomic E-state index is 0.223. The first kappa shape index (κ1) is 91.8. The first-order valence-electron chi connectivity index (χ1n) is 47.9. The molecule has 0 saturated carbocycles. The van der Waals surface area contributed by atoms with Crippen LogP contribution in [0.25, 0.3) is 44.8 Å². The lowest BCUT2D eigenvalue weighted by Gasteiger charge is -2.34. The standard InChI is InChI=1S/C121H120N8O10/c1-116(2,3)77-22-60-103-105(69-77)120(106-71-87(124(79-24-44-91(131-12)45-25-79)80-26-46-92(132-13)47-27-80)40-62-99(106)100-63-41-88(72-107(100)120)125(81-28-48-93(133-14)49-29-81)82-30-50-94(134-15)51-31-82)129-112(103)76-114(123-129)119(10,11)66-68-138-98-58-38-86(39-59-98)127(85-36-56-97(137-18)57-37-85)90-43-65-102-101-64-42-89(126(83-32-52-95(135-16)53-33-83)84-34-54-96(136-17)55-35-84)73-109(101)121(130,110(102)74-90)108-70-78(117(4,5)6)23-61-104(108)111-75-113(118(7,8)9)122-128(111)115-21-19-20-67-139-115/h22-65,69-76,115,130H,19-21,66-68H2,1-18H3. The van der Waals surface area contributed by atoms with Crippen molar-refractivity contribution in [1.29, 1.82) is 0 Å². The monoisotopic (exact) mass is 1840 g/mol. The third kappa shape index (κ3) is 16.5. The summed E-state index contributed by atoms with van der Waals surface area (Å²) < 4.78 is 58.6. The van der Waals surface area contributed by atoms with Crippen LogP contribution in [0, 0.1) is 0 Å². The zero-order valence-electron chi connectivity index (χ0n) is 82.5. The molecule has 2 aliphatic carbocycles. The molecular weight excluding hydrogens is 1730 g/mol. The third-order valence-corrected chi connectivity index (χ3v) is 28.3. The average Bonchev–Trinajstić information content (AvgIpc) is 1.49. The minimum atomic E-state index is -1.82. The van der Waals surface area contributed by atoms with Gasteiger partial charge in [0.2, 0.25) is 0 Å². The fraction of sp³-hybridized carbons (Fsp3) is 0.256. The Labute approximate surface area is 816 Å². The molecule has 2 aromatic heterocycles. The van der Waals surface area contributed by atoms with Crippen LogP contribution in [0.1, 0.15) is 164 Å². The van der Waals surface area contributed by atoms with E-state index in [9.17, 15) is 0 Å². The van der Waals surface area contributed by atoms with E-state index in [1.54, 1.807) is 49.8 Å². The van der Waals surface area contributed by atoms with E-state index in [0.717, 1.165) is 223 Å². The third-order valence-electron chi connectivity index (χ3n) is 28.3. The molecule has 20 rings (SSSR count). The Kier molecular flexibility index (Phi) is 23.9. The van der Waals surface area contributed by atoms with Gasteiger partial charge in [0.15, 0.2) is 6.23 Å². The van der Waals surface area contributed by atoms with Gasteiger partial charge in [0.05, 0.1) is 79.2 Å². The number of fused-ring (bicyclic) bond motifs is 13. The summed E-state index contributed by atoms with van der Waals surface area (Å²) in [4.78, 5) is 9.09. The highest BCUT2D eigenvalue weighted by atomic mass is 16.5. The molecule has 2 unspecified atom stereocenters. The Hall–Kier alpha value is -15.0. The molecule has 16 aromatic rings. The maximum Gasteiger partial charge on any atom is 0.150 e. The number of methoxy groups -OCH3 is 7. The Morgan fingerprint density at radius 1 is 0.309 bits per heavy atom. The number of aromatic nitrogens is 4. The molecule has 1 spiro atoms. The first-order chi connectivity index (χ1) is 67.0. The number of hydrogen-bond donors (Lipinski definition) is 1. The van der Waals surface area contributed by atoms with Crippen LogP contribution in [0.15, 0.2) is 315 Å². The number of aliphatic hydroxyl groups is 1. The molecule has 4 aliphatic rings. The smallest absolute Gasteiger partial charge is 0.150 e. The van der Waals surface area contributed by atoms with Gasteiger partial charge in [-0.25, -0.2) is 9.36 Å². The van der Waals surface area contributed by atoms with Crippen molar-refractivity contribution in [2.75, 3.05) is 82.6 Å². The van der Waals surface area contributed by atoms with Crippen molar-refractivity contribution >= 4 is 68.2 Å². The van der Waals surface area contributed by atoms with E-state index >= 15 is 5.11 Å². The summed E-state index contributed by atoms with van der Waals surface area (Å²) in [6, 6.07) is 111. The van der Waals surface area contributed by atoms with Gasteiger partial charge in [-0.3, -0.25) is 0 Å². The molecule has 1 fully saturated rings. The molecule has 2 atom stereocenters. The minimum Gasteiger partial charge on any atom is -0.497 e. The highest BCUT2D eigenvalue weighted by molar-refractivity contribution is 5.96. The Morgan fingerprint density at radius 3 is 0.921 bits per heavy atom. The van der Waals surface area contributed by atoms with Crippen LogP contribution in [0.3, 0.4) is 0 Å². The van der Waals surface area contributed by atoms with Gasteiger partial charge in [0.1, 0.15) is 57.1 Å². The zero-order valence-corrected chi connectivity index (χ0v) is 82.5. The molecular formula is C121H120N8O10. The lowest BCUT2D eigenvalue weighted by atomic mass is 9.77. The topological polar surface area (TPSA) is 152 Å². The van der Waals surface area contributed by atoms with Gasteiger partial charge in [0.25, 0.3) is 0 Å². The summed E-state index contributed by atoms with van der Waals surface area (Å²) in [7, 11) is 11.9. The molecule has 18 heteroatoms. The fourth-order valence-electron chi connectivity index (χ4n) is 20.5. The van der Waals surface area contributed by atoms with E-state index in [-0.39, 0.29) is 22.5 Å². The second-order valence-electron chi connectivity index (χ2n) is 40.3. The largest absolute Gasteiger partial charge is 0.497 e. The number of nitrogens with zero attached hydrogens (tertiary/aromatic N) is 8. The lowest BCUT2D eigenvalue weighted by Crippen LogP contribution is -2.35. The highest BCUT2D eigenvalue weighted by Gasteiger charge is 2.55. The summed E-state index contributed by atoms with van der Waals surface area (Å²) in [6.07, 6.45) is 3.09. The Bertz CT molecular complexity index is 6940. The number of anilines is 12. The van der Waals surface area contributed by atoms with E-state index in [1.807, 2.05) is 84.9 Å². The van der Waals surface area contributed by atoms with Gasteiger partial charge in [-0.15, -0.1) is 0 Å². The van der Waals surface area contributed by atoms with Crippen LogP contribution in [-0.2, 0) is 37.5 Å². The van der Waals surface area contributed by atoms with E-state index < -0.39 is 16.6 Å². The summed E-state index contributed by atoms with van der Waals surface area (Å²) >= 11 is 0. The summed E-state index contributed by atoms with van der Waals surface area (Å²) in [5.74, 6) is 5.93. The summed E-state index contributed by atoms with van der Waals surface area (Å²) in [5.41, 5.74) is 24.1. The molecule has 139 heavy (non-hydrogen) atoms. The number of hydrogen-bond acceptors (Lipinski definition) is 16. The second kappa shape index (κ2) is 36.2. The van der Waals surface area contributed by atoms with Crippen LogP contribution in [0.4, 0.5) is 68.2 Å². The molecule has 0 bridgehead atoms. The van der Waals surface area contributed by atoms with Crippen LogP contribution in [0.5, 0.6) is 46.0 Å². The zero-order chi connectivity index (χ0) is 96.8. The van der Waals surface area contributed by atoms with Crippen LogP contribution in [0.2, 0.25) is 0 Å². The molecule has 4 heterocycles. The molecule has 1 N–H and O–H groups in total. The number of benzene rings is 14. The predicted octanol–water partition coefficient (Wildman–Crippen LogP) is 29.1. The predicted molar refractivity (Wildman–Crippen MR) is 559 cm³/mol. The summed E-state index contributed by atoms with van der Waals surface area (Å²) in [6.45, 7) is 25.8. The van der Waals surface area contributed by atoms with E-state index in [1.165, 1.54) is 5.56 Å². The lowest BCUT2D eigenvalue weighted by molar-refractivity contribution is -0.0387. The van der Waals surface area contributed by atoms with Gasteiger partial charge in [-0.05, 0) is 341 Å². The van der Waals surface area contributed by atoms with Crippen molar-refractivity contribution in [3.05, 3.63) is 371 Å². The Morgan fingerprint density at radius 2 is 0.597 bits per heavy atom. The van der Waals surface area contributed by atoms with Gasteiger partial charge < -0.3 is 67.3 Å². The quantitative estimate of drug-likeness (QED) is 0.0519. The van der Waals surface area contributed by atoms with Crippen molar-refractivity contribution in [2.24, 2.45) is 0 Å². The van der Waals surface area contributed by atoms with Gasteiger partial charge in [0, 0.05) is 114 Å². The van der Waals surface area contributed by atoms with Crippen LogP contribution < -0.4 is 57.5 Å². The molecule has 0 amide bonds. The van der Waals surface area contributed by atoms with E-state index in [4.69, 9.17) is 52.8 Å². The number of ether oxygens (including phenoxy) is 9. The van der Waals surface area contributed by atoms with Crippen LogP contribution >= 0.6 is 0 Å². The number of rotatable bonds is 27. The normalized spacial score (nSPS) is 14.9. The molecule has 1 saturated heterocycles.